The molecule has 37 heavy (non-hydrogen) atoms. The highest BCUT2D eigenvalue weighted by atomic mass is 32.2. The number of halogens is 2. The van der Waals surface area contributed by atoms with Gasteiger partial charge in [0.1, 0.15) is 5.75 Å². The Hall–Kier alpha value is -3.82. The lowest BCUT2D eigenvalue weighted by atomic mass is 10.0. The molecule has 9 heteroatoms. The van der Waals surface area contributed by atoms with Crippen LogP contribution in [0.2, 0.25) is 0 Å². The Morgan fingerprint density at radius 1 is 0.919 bits per heavy atom. The van der Waals surface area contributed by atoms with Crippen LogP contribution in [0.5, 0.6) is 5.75 Å². The predicted octanol–water partition coefficient (Wildman–Crippen LogP) is 6.70. The summed E-state index contributed by atoms with van der Waals surface area (Å²) < 4.78 is 37.2. The fourth-order valence-corrected chi connectivity index (χ4v) is 4.96. The first-order valence-corrected chi connectivity index (χ1v) is 12.6. The summed E-state index contributed by atoms with van der Waals surface area (Å²) in [5.74, 6) is 1.36. The number of nitrogens with zero attached hydrogens (tertiary/aromatic N) is 4. The third kappa shape index (κ3) is 5.79. The third-order valence-corrected chi connectivity index (χ3v) is 6.79. The molecule has 0 N–H and O–H groups in total. The van der Waals surface area contributed by atoms with Crippen LogP contribution in [0.25, 0.3) is 33.5 Å². The zero-order valence-corrected chi connectivity index (χ0v) is 20.9. The van der Waals surface area contributed by atoms with Crippen LogP contribution in [0.4, 0.5) is 8.78 Å². The summed E-state index contributed by atoms with van der Waals surface area (Å²) >= 11 is 1.47. The van der Waals surface area contributed by atoms with E-state index in [0.29, 0.717) is 29.9 Å². The number of hydrogen-bond donors (Lipinski definition) is 0. The number of rotatable bonds is 10. The second-order valence-corrected chi connectivity index (χ2v) is 9.15. The average Bonchev–Trinajstić information content (AvgIpc) is 3.32. The molecular weight excluding hydrogens is 494 g/mol. The number of para-hydroxylation sites is 1. The van der Waals surface area contributed by atoms with E-state index < -0.39 is 6.61 Å². The van der Waals surface area contributed by atoms with Crippen LogP contribution >= 0.6 is 11.8 Å². The smallest absolute Gasteiger partial charge is 0.387 e. The van der Waals surface area contributed by atoms with Crippen molar-refractivity contribution in [1.82, 2.24) is 19.7 Å². The van der Waals surface area contributed by atoms with Crippen molar-refractivity contribution >= 4 is 22.7 Å². The number of fused-ring (bicyclic) bond motifs is 1. The molecule has 0 aliphatic heterocycles. The molecule has 0 saturated heterocycles. The molecule has 0 saturated carbocycles. The van der Waals surface area contributed by atoms with Gasteiger partial charge in [-0.25, -0.2) is 4.98 Å². The number of thioether (sulfide) groups is 1. The molecule has 0 bridgehead atoms. The molecule has 0 atom stereocenters. The van der Waals surface area contributed by atoms with E-state index in [1.165, 1.54) is 17.8 Å². The lowest BCUT2D eigenvalue weighted by Gasteiger charge is -2.13. The number of alkyl halides is 2. The van der Waals surface area contributed by atoms with Gasteiger partial charge in [-0.05, 0) is 29.8 Å². The number of ether oxygens (including phenoxy) is 2. The van der Waals surface area contributed by atoms with E-state index >= 15 is 0 Å². The molecule has 5 rings (SSSR count). The van der Waals surface area contributed by atoms with Gasteiger partial charge >= 0.3 is 6.61 Å². The van der Waals surface area contributed by atoms with Crippen LogP contribution in [0.15, 0.2) is 90.1 Å². The number of aromatic nitrogens is 4. The molecule has 0 aliphatic rings. The van der Waals surface area contributed by atoms with Crippen molar-refractivity contribution in [1.29, 1.82) is 0 Å². The molecule has 2 heterocycles. The first kappa shape index (κ1) is 24.9. The molecule has 3 aromatic carbocycles. The summed E-state index contributed by atoms with van der Waals surface area (Å²) in [4.78, 5) is 4.88. The lowest BCUT2D eigenvalue weighted by molar-refractivity contribution is -0.0498. The van der Waals surface area contributed by atoms with Gasteiger partial charge in [-0.1, -0.05) is 72.4 Å². The fraction of sp³-hybridized carbons (Fsp3) is 0.179. The van der Waals surface area contributed by atoms with E-state index in [4.69, 9.17) is 9.72 Å². The van der Waals surface area contributed by atoms with Gasteiger partial charge < -0.3 is 9.47 Å². The Bertz CT molecular complexity index is 1490. The minimum atomic E-state index is -2.86. The molecule has 0 spiro atoms. The summed E-state index contributed by atoms with van der Waals surface area (Å²) in [7, 11) is 1.65. The summed E-state index contributed by atoms with van der Waals surface area (Å²) in [6, 6.07) is 26.7. The standard InChI is InChI=1S/C28H24F2N4O2S/c1-35-15-14-34-26(32-33-28(34)37-18-19-8-7-11-21(16-19)36-27(29)30)23-17-25(20-9-3-2-4-10-20)31-24-13-6-5-12-22(23)24/h2-13,16-17,27H,14-15,18H2,1H3. The number of benzene rings is 3. The summed E-state index contributed by atoms with van der Waals surface area (Å²) in [6.45, 7) is -1.84. The molecule has 0 aliphatic carbocycles. The Balaban J connectivity index is 1.53. The highest BCUT2D eigenvalue weighted by molar-refractivity contribution is 7.98. The van der Waals surface area contributed by atoms with Gasteiger partial charge in [-0.15, -0.1) is 10.2 Å². The minimum absolute atomic E-state index is 0.131. The Morgan fingerprint density at radius 3 is 2.54 bits per heavy atom. The van der Waals surface area contributed by atoms with Crippen molar-refractivity contribution in [3.05, 3.63) is 90.5 Å². The van der Waals surface area contributed by atoms with Crippen LogP contribution in [-0.2, 0) is 17.0 Å². The molecule has 0 fully saturated rings. The van der Waals surface area contributed by atoms with E-state index in [9.17, 15) is 8.78 Å². The summed E-state index contributed by atoms with van der Waals surface area (Å²) in [6.07, 6.45) is 0. The Labute approximate surface area is 217 Å². The van der Waals surface area contributed by atoms with Crippen molar-refractivity contribution in [3.63, 3.8) is 0 Å². The quantitative estimate of drug-likeness (QED) is 0.192. The SMILES string of the molecule is COCCn1c(SCc2cccc(OC(F)F)c2)nnc1-c1cc(-c2ccccc2)nc2ccccc12. The third-order valence-electron chi connectivity index (χ3n) is 5.75. The zero-order valence-electron chi connectivity index (χ0n) is 20.1. The second-order valence-electron chi connectivity index (χ2n) is 8.20. The van der Waals surface area contributed by atoms with Gasteiger partial charge in [-0.3, -0.25) is 4.57 Å². The maximum atomic E-state index is 12.6. The average molecular weight is 519 g/mol. The normalized spacial score (nSPS) is 11.4. The monoisotopic (exact) mass is 518 g/mol. The molecule has 6 nitrogen and oxygen atoms in total. The summed E-state index contributed by atoms with van der Waals surface area (Å²) in [5.41, 5.74) is 4.49. The maximum absolute atomic E-state index is 12.6. The van der Waals surface area contributed by atoms with Crippen LogP contribution in [-0.4, -0.2) is 40.1 Å². The van der Waals surface area contributed by atoms with Crippen LogP contribution < -0.4 is 4.74 Å². The first-order chi connectivity index (χ1) is 18.1. The topological polar surface area (TPSA) is 62.1 Å². The van der Waals surface area contributed by atoms with Crippen molar-refractivity contribution in [2.75, 3.05) is 13.7 Å². The van der Waals surface area contributed by atoms with Gasteiger partial charge in [0.05, 0.1) is 24.4 Å². The van der Waals surface area contributed by atoms with Crippen molar-refractivity contribution < 1.29 is 18.3 Å². The van der Waals surface area contributed by atoms with E-state index in [0.717, 1.165) is 33.3 Å². The Kier molecular flexibility index (Phi) is 7.72. The molecule has 188 valence electrons. The molecule has 2 aromatic heterocycles. The van der Waals surface area contributed by atoms with Crippen LogP contribution in [0, 0.1) is 0 Å². The fourth-order valence-electron chi connectivity index (χ4n) is 4.06. The van der Waals surface area contributed by atoms with Crippen molar-refractivity contribution in [2.45, 2.75) is 24.1 Å². The number of hydrogen-bond acceptors (Lipinski definition) is 6. The number of pyridine rings is 1. The second kappa shape index (κ2) is 11.5. The van der Waals surface area contributed by atoms with Gasteiger partial charge in [-0.2, -0.15) is 8.78 Å². The maximum Gasteiger partial charge on any atom is 0.387 e. The molecule has 0 amide bonds. The first-order valence-electron chi connectivity index (χ1n) is 11.7. The molecular formula is C28H24F2N4O2S. The number of methoxy groups -OCH3 is 1. The molecule has 0 unspecified atom stereocenters. The van der Waals surface area contributed by atoms with E-state index in [-0.39, 0.29) is 5.75 Å². The van der Waals surface area contributed by atoms with Gasteiger partial charge in [0.15, 0.2) is 11.0 Å². The minimum Gasteiger partial charge on any atom is -0.435 e. The van der Waals surface area contributed by atoms with Crippen LogP contribution in [0.1, 0.15) is 5.56 Å². The molecule has 0 radical (unpaired) electrons. The Morgan fingerprint density at radius 2 is 1.73 bits per heavy atom. The van der Waals surface area contributed by atoms with E-state index in [1.54, 1.807) is 19.2 Å². The van der Waals surface area contributed by atoms with Crippen LogP contribution in [0.3, 0.4) is 0 Å². The van der Waals surface area contributed by atoms with E-state index in [1.807, 2.05) is 71.3 Å². The zero-order chi connectivity index (χ0) is 25.6. The van der Waals surface area contributed by atoms with Crippen molar-refractivity contribution in [3.8, 4) is 28.4 Å². The van der Waals surface area contributed by atoms with Gasteiger partial charge in [0.25, 0.3) is 0 Å². The van der Waals surface area contributed by atoms with E-state index in [2.05, 4.69) is 14.9 Å². The van der Waals surface area contributed by atoms with Gasteiger partial charge in [0.2, 0.25) is 0 Å². The molecule has 5 aromatic rings. The van der Waals surface area contributed by atoms with Gasteiger partial charge in [0, 0.05) is 29.4 Å². The predicted molar refractivity (Wildman–Crippen MR) is 141 cm³/mol. The summed E-state index contributed by atoms with van der Waals surface area (Å²) in [5, 5.41) is 10.7. The largest absolute Gasteiger partial charge is 0.435 e. The lowest BCUT2D eigenvalue weighted by Crippen LogP contribution is -2.08. The highest BCUT2D eigenvalue weighted by Crippen LogP contribution is 2.34. The highest BCUT2D eigenvalue weighted by Gasteiger charge is 2.19. The van der Waals surface area contributed by atoms with Crippen molar-refractivity contribution in [2.24, 2.45) is 0 Å².